The fourth-order valence-electron chi connectivity index (χ4n) is 2.01. The molecule has 2 atom stereocenters. The second-order valence-electron chi connectivity index (χ2n) is 4.34. The number of ether oxygens (including phenoxy) is 1. The second kappa shape index (κ2) is 5.19. The standard InChI is InChI=1S/C13H17NO3/c1-9-11(6-7-17-9)14-13(16)8-10-4-2-3-5-12(10)15/h2-5,9,11,15H,6-8H2,1H3,(H,14,16). The smallest absolute Gasteiger partial charge is 0.224 e. The second-order valence-corrected chi connectivity index (χ2v) is 4.34. The van der Waals surface area contributed by atoms with E-state index in [0.717, 1.165) is 6.42 Å². The highest BCUT2D eigenvalue weighted by molar-refractivity contribution is 5.79. The van der Waals surface area contributed by atoms with Gasteiger partial charge < -0.3 is 15.2 Å². The van der Waals surface area contributed by atoms with Crippen LogP contribution in [0.4, 0.5) is 0 Å². The van der Waals surface area contributed by atoms with Gasteiger partial charge >= 0.3 is 0 Å². The van der Waals surface area contributed by atoms with Crippen LogP contribution in [0.2, 0.25) is 0 Å². The van der Waals surface area contributed by atoms with E-state index in [1.54, 1.807) is 18.2 Å². The number of amides is 1. The Balaban J connectivity index is 1.91. The number of para-hydroxylation sites is 1. The van der Waals surface area contributed by atoms with Crippen LogP contribution in [0.1, 0.15) is 18.9 Å². The summed E-state index contributed by atoms with van der Waals surface area (Å²) >= 11 is 0. The Morgan fingerprint density at radius 2 is 2.29 bits per heavy atom. The lowest BCUT2D eigenvalue weighted by Crippen LogP contribution is -2.39. The van der Waals surface area contributed by atoms with Crippen LogP contribution in [0.15, 0.2) is 24.3 Å². The summed E-state index contributed by atoms with van der Waals surface area (Å²) in [6.07, 6.45) is 1.13. The van der Waals surface area contributed by atoms with Gasteiger partial charge in [0.2, 0.25) is 5.91 Å². The van der Waals surface area contributed by atoms with Crippen molar-refractivity contribution in [3.63, 3.8) is 0 Å². The summed E-state index contributed by atoms with van der Waals surface area (Å²) < 4.78 is 5.38. The van der Waals surface area contributed by atoms with E-state index in [-0.39, 0.29) is 30.2 Å². The first-order valence-corrected chi connectivity index (χ1v) is 5.84. The van der Waals surface area contributed by atoms with Gasteiger partial charge in [-0.15, -0.1) is 0 Å². The molecule has 2 N–H and O–H groups in total. The van der Waals surface area contributed by atoms with Gasteiger partial charge in [-0.2, -0.15) is 0 Å². The molecule has 17 heavy (non-hydrogen) atoms. The van der Waals surface area contributed by atoms with Crippen LogP contribution in [-0.4, -0.2) is 29.8 Å². The minimum Gasteiger partial charge on any atom is -0.508 e. The molecule has 2 rings (SSSR count). The van der Waals surface area contributed by atoms with Crippen LogP contribution < -0.4 is 5.32 Å². The molecule has 1 heterocycles. The number of rotatable bonds is 3. The van der Waals surface area contributed by atoms with Crippen molar-refractivity contribution in [2.24, 2.45) is 0 Å². The Kier molecular flexibility index (Phi) is 3.64. The molecule has 92 valence electrons. The van der Waals surface area contributed by atoms with Crippen LogP contribution >= 0.6 is 0 Å². The summed E-state index contributed by atoms with van der Waals surface area (Å²) in [4.78, 5) is 11.8. The van der Waals surface area contributed by atoms with E-state index in [4.69, 9.17) is 4.74 Å². The van der Waals surface area contributed by atoms with Gasteiger partial charge in [-0.25, -0.2) is 0 Å². The largest absolute Gasteiger partial charge is 0.508 e. The van der Waals surface area contributed by atoms with Crippen molar-refractivity contribution in [3.8, 4) is 5.75 Å². The van der Waals surface area contributed by atoms with Crippen LogP contribution in [0.3, 0.4) is 0 Å². The fraction of sp³-hybridized carbons (Fsp3) is 0.462. The first-order valence-electron chi connectivity index (χ1n) is 5.84. The summed E-state index contributed by atoms with van der Waals surface area (Å²) in [5, 5.41) is 12.5. The molecule has 4 nitrogen and oxygen atoms in total. The van der Waals surface area contributed by atoms with Crippen molar-refractivity contribution < 1.29 is 14.6 Å². The summed E-state index contributed by atoms with van der Waals surface area (Å²) in [5.41, 5.74) is 0.650. The van der Waals surface area contributed by atoms with E-state index in [1.807, 2.05) is 13.0 Å². The lowest BCUT2D eigenvalue weighted by molar-refractivity contribution is -0.121. The van der Waals surface area contributed by atoms with Gasteiger partial charge in [0.15, 0.2) is 0 Å². The van der Waals surface area contributed by atoms with Crippen molar-refractivity contribution in [2.45, 2.75) is 31.9 Å². The van der Waals surface area contributed by atoms with E-state index < -0.39 is 0 Å². The monoisotopic (exact) mass is 235 g/mol. The van der Waals surface area contributed by atoms with Crippen LogP contribution in [-0.2, 0) is 16.0 Å². The maximum atomic E-state index is 11.8. The summed E-state index contributed by atoms with van der Waals surface area (Å²) in [5.74, 6) is 0.0900. The summed E-state index contributed by atoms with van der Waals surface area (Å²) in [6.45, 7) is 2.65. The van der Waals surface area contributed by atoms with E-state index in [9.17, 15) is 9.90 Å². The SMILES string of the molecule is CC1OCCC1NC(=O)Cc1ccccc1O. The molecule has 1 amide bonds. The zero-order valence-corrected chi connectivity index (χ0v) is 9.85. The summed E-state index contributed by atoms with van der Waals surface area (Å²) in [7, 11) is 0. The normalized spacial score (nSPS) is 23.6. The minimum absolute atomic E-state index is 0.0725. The summed E-state index contributed by atoms with van der Waals surface area (Å²) in [6, 6.07) is 6.98. The van der Waals surface area contributed by atoms with Gasteiger partial charge in [0, 0.05) is 12.2 Å². The van der Waals surface area contributed by atoms with Gasteiger partial charge in [0.25, 0.3) is 0 Å². The Bertz CT molecular complexity index is 405. The van der Waals surface area contributed by atoms with E-state index in [0.29, 0.717) is 12.2 Å². The molecule has 0 aromatic heterocycles. The van der Waals surface area contributed by atoms with Gasteiger partial charge in [-0.3, -0.25) is 4.79 Å². The van der Waals surface area contributed by atoms with Gasteiger partial charge in [-0.1, -0.05) is 18.2 Å². The number of hydrogen-bond donors (Lipinski definition) is 2. The molecule has 1 fully saturated rings. The third-order valence-corrected chi connectivity index (χ3v) is 3.07. The fourth-order valence-corrected chi connectivity index (χ4v) is 2.01. The quantitative estimate of drug-likeness (QED) is 0.828. The van der Waals surface area contributed by atoms with E-state index >= 15 is 0 Å². The molecule has 4 heteroatoms. The minimum atomic E-state index is -0.0751. The Morgan fingerprint density at radius 1 is 1.53 bits per heavy atom. The molecule has 0 aliphatic carbocycles. The molecule has 2 unspecified atom stereocenters. The number of phenolic OH excluding ortho intramolecular Hbond substituents is 1. The number of carbonyl (C=O) groups excluding carboxylic acids is 1. The van der Waals surface area contributed by atoms with Crippen LogP contribution in [0.5, 0.6) is 5.75 Å². The highest BCUT2D eigenvalue weighted by atomic mass is 16.5. The van der Waals surface area contributed by atoms with Crippen molar-refractivity contribution in [1.29, 1.82) is 0 Å². The highest BCUT2D eigenvalue weighted by Gasteiger charge is 2.25. The molecule has 1 aromatic carbocycles. The molecule has 0 spiro atoms. The molecular weight excluding hydrogens is 218 g/mol. The topological polar surface area (TPSA) is 58.6 Å². The number of nitrogens with one attached hydrogen (secondary N) is 1. The number of aromatic hydroxyl groups is 1. The molecule has 1 aromatic rings. The highest BCUT2D eigenvalue weighted by Crippen LogP contribution is 2.17. The zero-order chi connectivity index (χ0) is 12.3. The molecular formula is C13H17NO3. The van der Waals surface area contributed by atoms with Gasteiger partial charge in [0.05, 0.1) is 18.6 Å². The average molecular weight is 235 g/mol. The Hall–Kier alpha value is -1.55. The van der Waals surface area contributed by atoms with E-state index in [2.05, 4.69) is 5.32 Å². The zero-order valence-electron chi connectivity index (χ0n) is 9.85. The molecule has 0 radical (unpaired) electrons. The van der Waals surface area contributed by atoms with Crippen molar-refractivity contribution in [1.82, 2.24) is 5.32 Å². The predicted octanol–water partition coefficient (Wildman–Crippen LogP) is 1.23. The number of benzene rings is 1. The molecule has 0 bridgehead atoms. The molecule has 0 saturated carbocycles. The third-order valence-electron chi connectivity index (χ3n) is 3.07. The van der Waals surface area contributed by atoms with Crippen molar-refractivity contribution in [2.75, 3.05) is 6.61 Å². The predicted molar refractivity (Wildman–Crippen MR) is 63.8 cm³/mol. The lowest BCUT2D eigenvalue weighted by atomic mass is 10.1. The average Bonchev–Trinajstić information content (AvgIpc) is 2.68. The Labute approximate surface area is 101 Å². The van der Waals surface area contributed by atoms with Crippen molar-refractivity contribution >= 4 is 5.91 Å². The van der Waals surface area contributed by atoms with Crippen LogP contribution in [0.25, 0.3) is 0 Å². The first kappa shape index (κ1) is 11.9. The number of carbonyl (C=O) groups is 1. The maximum absolute atomic E-state index is 11.8. The molecule has 1 aliphatic rings. The number of hydrogen-bond acceptors (Lipinski definition) is 3. The first-order chi connectivity index (χ1) is 8.16. The number of phenols is 1. The van der Waals surface area contributed by atoms with E-state index in [1.165, 1.54) is 0 Å². The molecule has 1 aliphatic heterocycles. The lowest BCUT2D eigenvalue weighted by Gasteiger charge is -2.16. The van der Waals surface area contributed by atoms with Gasteiger partial charge in [-0.05, 0) is 19.4 Å². The third kappa shape index (κ3) is 2.97. The van der Waals surface area contributed by atoms with Gasteiger partial charge in [0.1, 0.15) is 5.75 Å². The Morgan fingerprint density at radius 3 is 2.94 bits per heavy atom. The molecule has 1 saturated heterocycles. The van der Waals surface area contributed by atoms with Crippen LogP contribution in [0, 0.1) is 0 Å². The van der Waals surface area contributed by atoms with Crippen molar-refractivity contribution in [3.05, 3.63) is 29.8 Å². The maximum Gasteiger partial charge on any atom is 0.224 e.